The number of ether oxygens (including phenoxy) is 1. The van der Waals surface area contributed by atoms with Gasteiger partial charge in [0.15, 0.2) is 0 Å². The lowest BCUT2D eigenvalue weighted by Gasteiger charge is -2.11. The zero-order valence-corrected chi connectivity index (χ0v) is 12.2. The van der Waals surface area contributed by atoms with Crippen molar-refractivity contribution in [1.82, 2.24) is 0 Å². The molecule has 0 aliphatic heterocycles. The third-order valence-electron chi connectivity index (χ3n) is 3.04. The van der Waals surface area contributed by atoms with Crippen molar-refractivity contribution in [3.8, 4) is 11.8 Å². The number of nitriles is 1. The van der Waals surface area contributed by atoms with Crippen LogP contribution in [0.1, 0.15) is 29.7 Å². The van der Waals surface area contributed by atoms with Crippen LogP contribution in [0.2, 0.25) is 5.02 Å². The predicted octanol–water partition coefficient (Wildman–Crippen LogP) is 3.95. The van der Waals surface area contributed by atoms with E-state index >= 15 is 0 Å². The van der Waals surface area contributed by atoms with E-state index in [1.165, 1.54) is 6.07 Å². The molecule has 0 amide bonds. The van der Waals surface area contributed by atoms with Gasteiger partial charge < -0.3 is 10.5 Å². The molecule has 0 heterocycles. The number of nitrogens with zero attached hydrogens (tertiary/aromatic N) is 1. The highest BCUT2D eigenvalue weighted by atomic mass is 35.5. The minimum atomic E-state index is -0.395. The Balaban J connectivity index is 2.10. The smallest absolute Gasteiger partial charge is 0.131 e. The van der Waals surface area contributed by atoms with Gasteiger partial charge in [-0.3, -0.25) is 0 Å². The van der Waals surface area contributed by atoms with E-state index in [-0.39, 0.29) is 12.6 Å². The first-order valence-electron chi connectivity index (χ1n) is 6.37. The van der Waals surface area contributed by atoms with Crippen molar-refractivity contribution in [1.29, 1.82) is 5.26 Å². The number of hydrogen-bond donors (Lipinski definition) is 1. The molecule has 0 aromatic heterocycles. The summed E-state index contributed by atoms with van der Waals surface area (Å²) in [5.41, 5.74) is 7.31. The van der Waals surface area contributed by atoms with Gasteiger partial charge in [0.25, 0.3) is 0 Å². The summed E-state index contributed by atoms with van der Waals surface area (Å²) in [6, 6.07) is 11.2. The van der Waals surface area contributed by atoms with Gasteiger partial charge in [-0.1, -0.05) is 23.7 Å². The topological polar surface area (TPSA) is 59.0 Å². The van der Waals surface area contributed by atoms with Gasteiger partial charge in [0.05, 0.1) is 11.6 Å². The quantitative estimate of drug-likeness (QED) is 0.930. The Morgan fingerprint density at radius 1 is 1.33 bits per heavy atom. The molecule has 21 heavy (non-hydrogen) atoms. The van der Waals surface area contributed by atoms with Crippen LogP contribution < -0.4 is 10.5 Å². The van der Waals surface area contributed by atoms with Crippen LogP contribution in [0.4, 0.5) is 4.39 Å². The second kappa shape index (κ2) is 6.57. The van der Waals surface area contributed by atoms with Crippen molar-refractivity contribution in [2.24, 2.45) is 5.73 Å². The molecule has 3 nitrogen and oxygen atoms in total. The van der Waals surface area contributed by atoms with Gasteiger partial charge in [-0.2, -0.15) is 5.26 Å². The van der Waals surface area contributed by atoms with E-state index in [2.05, 4.69) is 0 Å². The molecule has 2 N–H and O–H groups in total. The summed E-state index contributed by atoms with van der Waals surface area (Å²) >= 11 is 6.05. The number of halogens is 2. The van der Waals surface area contributed by atoms with Crippen LogP contribution in [0, 0.1) is 17.1 Å². The van der Waals surface area contributed by atoms with Crippen molar-refractivity contribution in [2.75, 3.05) is 0 Å². The Morgan fingerprint density at radius 3 is 2.67 bits per heavy atom. The first-order chi connectivity index (χ1) is 10.0. The third-order valence-corrected chi connectivity index (χ3v) is 3.39. The minimum Gasteiger partial charge on any atom is -0.489 e. The Hall–Kier alpha value is -2.09. The first-order valence-corrected chi connectivity index (χ1v) is 6.75. The molecule has 2 aromatic rings. The van der Waals surface area contributed by atoms with Crippen molar-refractivity contribution in [2.45, 2.75) is 19.6 Å². The Morgan fingerprint density at radius 2 is 2.10 bits per heavy atom. The Labute approximate surface area is 127 Å². The molecule has 2 aromatic carbocycles. The highest BCUT2D eigenvalue weighted by molar-refractivity contribution is 6.31. The molecule has 108 valence electrons. The molecule has 0 spiro atoms. The fourth-order valence-corrected chi connectivity index (χ4v) is 2.10. The van der Waals surface area contributed by atoms with Gasteiger partial charge in [-0.25, -0.2) is 4.39 Å². The lowest BCUT2D eigenvalue weighted by molar-refractivity contribution is 0.304. The molecule has 0 aliphatic carbocycles. The summed E-state index contributed by atoms with van der Waals surface area (Å²) in [5, 5.41) is 9.22. The highest BCUT2D eigenvalue weighted by Gasteiger charge is 2.09. The van der Waals surface area contributed by atoms with E-state index in [0.29, 0.717) is 21.9 Å². The van der Waals surface area contributed by atoms with Crippen LogP contribution in [0.5, 0.6) is 5.75 Å². The molecule has 5 heteroatoms. The lowest BCUT2D eigenvalue weighted by atomic mass is 10.1. The van der Waals surface area contributed by atoms with Crippen LogP contribution in [-0.2, 0) is 6.61 Å². The summed E-state index contributed by atoms with van der Waals surface area (Å²) in [5.74, 6) is 0.00533. The molecule has 0 aliphatic rings. The molecule has 0 saturated heterocycles. The third kappa shape index (κ3) is 3.72. The summed E-state index contributed by atoms with van der Waals surface area (Å²) < 4.78 is 19.3. The average molecular weight is 305 g/mol. The van der Waals surface area contributed by atoms with E-state index in [1.54, 1.807) is 37.3 Å². The molecule has 1 atom stereocenters. The van der Waals surface area contributed by atoms with Crippen LogP contribution in [-0.4, -0.2) is 0 Å². The second-order valence-corrected chi connectivity index (χ2v) is 5.09. The van der Waals surface area contributed by atoms with Crippen molar-refractivity contribution < 1.29 is 9.13 Å². The fourth-order valence-electron chi connectivity index (χ4n) is 1.86. The lowest BCUT2D eigenvalue weighted by Crippen LogP contribution is -2.07. The summed E-state index contributed by atoms with van der Waals surface area (Å²) in [6.45, 7) is 1.91. The zero-order chi connectivity index (χ0) is 15.4. The number of benzene rings is 2. The monoisotopic (exact) mass is 304 g/mol. The van der Waals surface area contributed by atoms with Gasteiger partial charge in [0.1, 0.15) is 18.2 Å². The van der Waals surface area contributed by atoms with E-state index in [0.717, 1.165) is 5.56 Å². The molecular formula is C16H14ClFN2O. The van der Waals surface area contributed by atoms with E-state index in [4.69, 9.17) is 27.3 Å². The van der Waals surface area contributed by atoms with Crippen molar-refractivity contribution in [3.63, 3.8) is 0 Å². The maximum Gasteiger partial charge on any atom is 0.131 e. The van der Waals surface area contributed by atoms with Crippen LogP contribution in [0.25, 0.3) is 0 Å². The van der Waals surface area contributed by atoms with Crippen LogP contribution in [0.15, 0.2) is 36.4 Å². The zero-order valence-electron chi connectivity index (χ0n) is 11.4. The largest absolute Gasteiger partial charge is 0.489 e. The number of hydrogen-bond acceptors (Lipinski definition) is 3. The van der Waals surface area contributed by atoms with Gasteiger partial charge in [-0.05, 0) is 25.1 Å². The molecule has 0 fully saturated rings. The Bertz CT molecular complexity index is 695. The minimum absolute atomic E-state index is 0.196. The summed E-state index contributed by atoms with van der Waals surface area (Å²) in [4.78, 5) is 0. The van der Waals surface area contributed by atoms with E-state index in [9.17, 15) is 4.39 Å². The van der Waals surface area contributed by atoms with Gasteiger partial charge in [0, 0.05) is 28.3 Å². The van der Waals surface area contributed by atoms with E-state index < -0.39 is 5.82 Å². The van der Waals surface area contributed by atoms with Crippen LogP contribution in [0.3, 0.4) is 0 Å². The summed E-state index contributed by atoms with van der Waals surface area (Å²) in [6.07, 6.45) is 0. The molecule has 2 rings (SSSR count). The standard InChI is InChI=1S/C16H14ClFN2O/c1-10(20)14-5-4-13(7-16(14)18)21-9-12-3-2-11(8-19)6-15(12)17/h2-7,10H,9,20H2,1H3. The van der Waals surface area contributed by atoms with Crippen molar-refractivity contribution >= 4 is 11.6 Å². The fraction of sp³-hybridized carbons (Fsp3) is 0.188. The molecule has 0 bridgehead atoms. The SMILES string of the molecule is CC(N)c1ccc(OCc2ccc(C#N)cc2Cl)cc1F. The highest BCUT2D eigenvalue weighted by Crippen LogP contribution is 2.23. The van der Waals surface area contributed by atoms with E-state index in [1.807, 2.05) is 6.07 Å². The number of rotatable bonds is 4. The second-order valence-electron chi connectivity index (χ2n) is 4.68. The van der Waals surface area contributed by atoms with Gasteiger partial charge >= 0.3 is 0 Å². The van der Waals surface area contributed by atoms with Gasteiger partial charge in [-0.15, -0.1) is 0 Å². The van der Waals surface area contributed by atoms with Crippen LogP contribution >= 0.6 is 11.6 Å². The molecule has 0 saturated carbocycles. The summed E-state index contributed by atoms with van der Waals surface area (Å²) in [7, 11) is 0. The van der Waals surface area contributed by atoms with Gasteiger partial charge in [0.2, 0.25) is 0 Å². The molecular weight excluding hydrogens is 291 g/mol. The number of nitrogens with two attached hydrogens (primary N) is 1. The first kappa shape index (κ1) is 15.3. The maximum atomic E-state index is 13.8. The average Bonchev–Trinajstić information content (AvgIpc) is 2.45. The Kier molecular flexibility index (Phi) is 4.79. The predicted molar refractivity (Wildman–Crippen MR) is 79.5 cm³/mol. The molecule has 0 radical (unpaired) electrons. The van der Waals surface area contributed by atoms with Crippen molar-refractivity contribution in [3.05, 3.63) is 63.9 Å². The maximum absolute atomic E-state index is 13.8. The normalized spacial score (nSPS) is 11.8. The molecule has 1 unspecified atom stereocenters.